The Morgan fingerprint density at radius 2 is 2.00 bits per heavy atom. The van der Waals surface area contributed by atoms with Crippen molar-refractivity contribution >= 4 is 0 Å². The summed E-state index contributed by atoms with van der Waals surface area (Å²) in [5.41, 5.74) is 1.90. The molecule has 1 aromatic rings. The molecule has 2 rings (SSSR count). The summed E-state index contributed by atoms with van der Waals surface area (Å²) >= 11 is 0. The molecule has 1 heterocycles. The van der Waals surface area contributed by atoms with E-state index in [1.807, 2.05) is 0 Å². The Labute approximate surface area is 99.5 Å². The molecule has 0 amide bonds. The first-order valence-electron chi connectivity index (χ1n) is 6.41. The molecule has 0 aromatic heterocycles. The zero-order valence-corrected chi connectivity index (χ0v) is 10.7. The molecule has 1 aromatic carbocycles. The van der Waals surface area contributed by atoms with E-state index in [0.29, 0.717) is 5.41 Å². The summed E-state index contributed by atoms with van der Waals surface area (Å²) in [7, 11) is 2.24. The molecule has 1 aliphatic rings. The van der Waals surface area contributed by atoms with Gasteiger partial charge in [0, 0.05) is 6.54 Å². The SMILES string of the molecule is CC[C@@H]1CN(C)CC[C@]1(C)c1ccccc1. The van der Waals surface area contributed by atoms with Gasteiger partial charge in [-0.3, -0.25) is 0 Å². The van der Waals surface area contributed by atoms with Crippen LogP contribution in [0.15, 0.2) is 30.3 Å². The van der Waals surface area contributed by atoms with E-state index in [1.54, 1.807) is 0 Å². The van der Waals surface area contributed by atoms with Crippen LogP contribution in [-0.2, 0) is 5.41 Å². The minimum atomic E-state index is 0.377. The van der Waals surface area contributed by atoms with Gasteiger partial charge in [0.1, 0.15) is 0 Å². The van der Waals surface area contributed by atoms with Crippen LogP contribution in [0.2, 0.25) is 0 Å². The topological polar surface area (TPSA) is 3.24 Å². The molecular formula is C15H23N. The van der Waals surface area contributed by atoms with Gasteiger partial charge in [0.2, 0.25) is 0 Å². The van der Waals surface area contributed by atoms with Gasteiger partial charge in [-0.05, 0) is 36.9 Å². The summed E-state index contributed by atoms with van der Waals surface area (Å²) in [5, 5.41) is 0. The highest BCUT2D eigenvalue weighted by Gasteiger charge is 2.38. The Balaban J connectivity index is 2.29. The molecular weight excluding hydrogens is 194 g/mol. The summed E-state index contributed by atoms with van der Waals surface area (Å²) in [5.74, 6) is 0.786. The molecule has 0 spiro atoms. The fourth-order valence-corrected chi connectivity index (χ4v) is 3.07. The van der Waals surface area contributed by atoms with Crippen molar-refractivity contribution < 1.29 is 0 Å². The Hall–Kier alpha value is -0.820. The summed E-state index contributed by atoms with van der Waals surface area (Å²) in [4.78, 5) is 2.47. The lowest BCUT2D eigenvalue weighted by Gasteiger charge is -2.45. The molecule has 16 heavy (non-hydrogen) atoms. The number of hydrogen-bond acceptors (Lipinski definition) is 1. The van der Waals surface area contributed by atoms with Gasteiger partial charge in [-0.25, -0.2) is 0 Å². The lowest BCUT2D eigenvalue weighted by molar-refractivity contribution is 0.118. The molecule has 1 heteroatoms. The summed E-state index contributed by atoms with van der Waals surface area (Å²) in [6.07, 6.45) is 2.56. The van der Waals surface area contributed by atoms with Crippen molar-refractivity contribution in [2.75, 3.05) is 20.1 Å². The Kier molecular flexibility index (Phi) is 3.34. The Morgan fingerprint density at radius 3 is 2.62 bits per heavy atom. The van der Waals surface area contributed by atoms with Gasteiger partial charge in [0.15, 0.2) is 0 Å². The van der Waals surface area contributed by atoms with Crippen LogP contribution in [0.25, 0.3) is 0 Å². The molecule has 0 unspecified atom stereocenters. The highest BCUT2D eigenvalue weighted by molar-refractivity contribution is 5.26. The van der Waals surface area contributed by atoms with Crippen molar-refractivity contribution in [1.29, 1.82) is 0 Å². The van der Waals surface area contributed by atoms with Crippen LogP contribution in [0, 0.1) is 5.92 Å². The average Bonchev–Trinajstić information content (AvgIpc) is 2.33. The van der Waals surface area contributed by atoms with E-state index in [0.717, 1.165) is 5.92 Å². The molecule has 1 aliphatic heterocycles. The zero-order valence-electron chi connectivity index (χ0n) is 10.7. The van der Waals surface area contributed by atoms with Gasteiger partial charge in [-0.1, -0.05) is 50.6 Å². The van der Waals surface area contributed by atoms with E-state index in [2.05, 4.69) is 56.1 Å². The maximum atomic E-state index is 2.47. The van der Waals surface area contributed by atoms with Crippen molar-refractivity contribution in [3.63, 3.8) is 0 Å². The number of benzene rings is 1. The van der Waals surface area contributed by atoms with E-state index >= 15 is 0 Å². The van der Waals surface area contributed by atoms with Crippen LogP contribution < -0.4 is 0 Å². The molecule has 0 aliphatic carbocycles. The zero-order chi connectivity index (χ0) is 11.6. The fourth-order valence-electron chi connectivity index (χ4n) is 3.07. The largest absolute Gasteiger partial charge is 0.306 e. The van der Waals surface area contributed by atoms with Crippen LogP contribution in [0.1, 0.15) is 32.3 Å². The molecule has 0 saturated carbocycles. The lowest BCUT2D eigenvalue weighted by atomic mass is 9.66. The van der Waals surface area contributed by atoms with E-state index < -0.39 is 0 Å². The number of piperidine rings is 1. The van der Waals surface area contributed by atoms with Crippen LogP contribution in [-0.4, -0.2) is 25.0 Å². The van der Waals surface area contributed by atoms with Crippen molar-refractivity contribution in [2.45, 2.75) is 32.1 Å². The molecule has 0 N–H and O–H groups in total. The maximum absolute atomic E-state index is 2.47. The van der Waals surface area contributed by atoms with Gasteiger partial charge < -0.3 is 4.90 Å². The minimum Gasteiger partial charge on any atom is -0.306 e. The minimum absolute atomic E-state index is 0.377. The van der Waals surface area contributed by atoms with Gasteiger partial charge >= 0.3 is 0 Å². The third-order valence-corrected chi connectivity index (χ3v) is 4.37. The normalized spacial score (nSPS) is 31.6. The van der Waals surface area contributed by atoms with Gasteiger partial charge in [-0.15, -0.1) is 0 Å². The van der Waals surface area contributed by atoms with E-state index in [-0.39, 0.29) is 0 Å². The Bertz CT molecular complexity index is 333. The molecule has 88 valence electrons. The predicted octanol–water partition coefficient (Wildman–Crippen LogP) is 3.31. The Morgan fingerprint density at radius 1 is 1.31 bits per heavy atom. The van der Waals surface area contributed by atoms with E-state index in [4.69, 9.17) is 0 Å². The second-order valence-corrected chi connectivity index (χ2v) is 5.40. The molecule has 1 saturated heterocycles. The van der Waals surface area contributed by atoms with Crippen LogP contribution in [0.5, 0.6) is 0 Å². The average molecular weight is 217 g/mol. The van der Waals surface area contributed by atoms with Crippen LogP contribution in [0.3, 0.4) is 0 Å². The highest BCUT2D eigenvalue weighted by atomic mass is 15.1. The van der Waals surface area contributed by atoms with Crippen molar-refractivity contribution in [3.8, 4) is 0 Å². The lowest BCUT2D eigenvalue weighted by Crippen LogP contribution is -2.46. The number of likely N-dealkylation sites (tertiary alicyclic amines) is 1. The second-order valence-electron chi connectivity index (χ2n) is 5.40. The summed E-state index contributed by atoms with van der Waals surface area (Å²) in [6.45, 7) is 7.23. The van der Waals surface area contributed by atoms with Crippen LogP contribution >= 0.6 is 0 Å². The number of hydrogen-bond donors (Lipinski definition) is 0. The number of rotatable bonds is 2. The highest BCUT2D eigenvalue weighted by Crippen LogP contribution is 2.40. The first-order chi connectivity index (χ1) is 7.66. The van der Waals surface area contributed by atoms with E-state index in [1.165, 1.54) is 31.5 Å². The standard InChI is InChI=1S/C15H23N/c1-4-13-12-16(3)11-10-15(13,2)14-8-6-5-7-9-14/h5-9,13H,4,10-12H2,1-3H3/t13-,15+/m1/s1. The quantitative estimate of drug-likeness (QED) is 0.734. The first kappa shape index (κ1) is 11.7. The predicted molar refractivity (Wildman–Crippen MR) is 69.7 cm³/mol. The molecule has 1 nitrogen and oxygen atoms in total. The third-order valence-electron chi connectivity index (χ3n) is 4.37. The fraction of sp³-hybridized carbons (Fsp3) is 0.600. The van der Waals surface area contributed by atoms with Gasteiger partial charge in [-0.2, -0.15) is 0 Å². The molecule has 2 atom stereocenters. The summed E-state index contributed by atoms with van der Waals surface area (Å²) in [6, 6.07) is 11.1. The van der Waals surface area contributed by atoms with E-state index in [9.17, 15) is 0 Å². The smallest absolute Gasteiger partial charge is 0.00149 e. The summed E-state index contributed by atoms with van der Waals surface area (Å²) < 4.78 is 0. The molecule has 0 radical (unpaired) electrons. The van der Waals surface area contributed by atoms with Crippen molar-refractivity contribution in [3.05, 3.63) is 35.9 Å². The maximum Gasteiger partial charge on any atom is 0.00149 e. The first-order valence-corrected chi connectivity index (χ1v) is 6.41. The molecule has 0 bridgehead atoms. The third kappa shape index (κ3) is 2.01. The number of nitrogens with zero attached hydrogens (tertiary/aromatic N) is 1. The van der Waals surface area contributed by atoms with Crippen molar-refractivity contribution in [1.82, 2.24) is 4.90 Å². The van der Waals surface area contributed by atoms with Gasteiger partial charge in [0.25, 0.3) is 0 Å². The van der Waals surface area contributed by atoms with Crippen LogP contribution in [0.4, 0.5) is 0 Å². The second kappa shape index (κ2) is 4.58. The monoisotopic (exact) mass is 217 g/mol. The molecule has 1 fully saturated rings. The van der Waals surface area contributed by atoms with Gasteiger partial charge in [0.05, 0.1) is 0 Å². The van der Waals surface area contributed by atoms with Crippen molar-refractivity contribution in [2.24, 2.45) is 5.92 Å².